The molecule has 43 heavy (non-hydrogen) atoms. The van der Waals surface area contributed by atoms with E-state index < -0.39 is 0 Å². The number of rotatable bonds is 4. The summed E-state index contributed by atoms with van der Waals surface area (Å²) in [5.74, 6) is 0. The van der Waals surface area contributed by atoms with E-state index in [0.717, 1.165) is 16.8 Å². The summed E-state index contributed by atoms with van der Waals surface area (Å²) in [5.41, 5.74) is 9.17. The molecule has 0 atom stereocenters. The van der Waals surface area contributed by atoms with E-state index in [9.17, 15) is 0 Å². The maximum absolute atomic E-state index is 4.62. The van der Waals surface area contributed by atoms with Crippen LogP contribution in [-0.4, -0.2) is 4.98 Å². The predicted molar refractivity (Wildman–Crippen MR) is 177 cm³/mol. The molecule has 0 unspecified atom stereocenters. The van der Waals surface area contributed by atoms with Gasteiger partial charge in [0.2, 0.25) is 0 Å². The first-order chi connectivity index (χ1) is 20.8. The van der Waals surface area contributed by atoms with Crippen molar-refractivity contribution >= 4 is 32.3 Å². The standard InChI is InChI=1S/C41H26N.Ir/c1-3-16-34-28(10-1)12-8-18-36(34)31-22-21-30-23-24-38(37-19-9-13-29-11-2-4-17-35(29)37)41(39(30)27-31)33-15-7-14-32(26-33)40-20-5-6-25-42-40;/h1-13,15-27H;/q-1;. The van der Waals surface area contributed by atoms with Crippen molar-refractivity contribution in [3.63, 3.8) is 0 Å². The van der Waals surface area contributed by atoms with Crippen LogP contribution in [0, 0.1) is 6.07 Å². The zero-order chi connectivity index (χ0) is 27.9. The van der Waals surface area contributed by atoms with Gasteiger partial charge >= 0.3 is 0 Å². The summed E-state index contributed by atoms with van der Waals surface area (Å²) in [6.07, 6.45) is 1.84. The van der Waals surface area contributed by atoms with Gasteiger partial charge in [-0.2, -0.15) is 0 Å². The van der Waals surface area contributed by atoms with Gasteiger partial charge in [0, 0.05) is 26.3 Å². The minimum atomic E-state index is 0. The zero-order valence-corrected chi connectivity index (χ0v) is 25.7. The first-order valence-electron chi connectivity index (χ1n) is 14.3. The molecule has 205 valence electrons. The van der Waals surface area contributed by atoms with Crippen molar-refractivity contribution in [1.29, 1.82) is 0 Å². The van der Waals surface area contributed by atoms with Crippen LogP contribution in [0.25, 0.3) is 77.0 Å². The van der Waals surface area contributed by atoms with Crippen LogP contribution in [0.5, 0.6) is 0 Å². The molecule has 0 saturated heterocycles. The summed E-state index contributed by atoms with van der Waals surface area (Å²) in [4.78, 5) is 4.62. The molecular weight excluding hydrogens is 699 g/mol. The van der Waals surface area contributed by atoms with Crippen molar-refractivity contribution in [3.05, 3.63) is 164 Å². The summed E-state index contributed by atoms with van der Waals surface area (Å²) >= 11 is 0. The summed E-state index contributed by atoms with van der Waals surface area (Å²) in [5, 5.41) is 7.44. The van der Waals surface area contributed by atoms with E-state index in [-0.39, 0.29) is 20.1 Å². The van der Waals surface area contributed by atoms with Gasteiger partial charge < -0.3 is 4.98 Å². The van der Waals surface area contributed by atoms with Gasteiger partial charge in [0.05, 0.1) is 0 Å². The van der Waals surface area contributed by atoms with E-state index in [4.69, 9.17) is 0 Å². The SMILES string of the molecule is [Ir].[c-]1ccc(-c2c(-c3cccc4ccccc34)ccc3ccc(-c4cccc5ccccc45)cc23)cc1-c1ccccn1. The molecule has 0 N–H and O–H groups in total. The molecule has 0 fully saturated rings. The Morgan fingerprint density at radius 1 is 0.442 bits per heavy atom. The van der Waals surface area contributed by atoms with Crippen LogP contribution in [-0.2, 0) is 20.1 Å². The van der Waals surface area contributed by atoms with Gasteiger partial charge in [0.15, 0.2) is 0 Å². The number of aromatic nitrogens is 1. The van der Waals surface area contributed by atoms with Crippen molar-refractivity contribution in [1.82, 2.24) is 4.98 Å². The Morgan fingerprint density at radius 3 is 1.86 bits per heavy atom. The Kier molecular flexibility index (Phi) is 7.17. The third-order valence-corrected chi connectivity index (χ3v) is 8.23. The summed E-state index contributed by atoms with van der Waals surface area (Å²) in [6.45, 7) is 0. The second-order valence-electron chi connectivity index (χ2n) is 10.7. The normalized spacial score (nSPS) is 11.1. The summed E-state index contributed by atoms with van der Waals surface area (Å²) < 4.78 is 0. The zero-order valence-electron chi connectivity index (χ0n) is 23.3. The van der Waals surface area contributed by atoms with Crippen molar-refractivity contribution in [3.8, 4) is 44.6 Å². The van der Waals surface area contributed by atoms with Crippen LogP contribution < -0.4 is 0 Å². The summed E-state index contributed by atoms with van der Waals surface area (Å²) in [6, 6.07) is 57.8. The van der Waals surface area contributed by atoms with E-state index in [1.807, 2.05) is 30.5 Å². The van der Waals surface area contributed by atoms with Crippen molar-refractivity contribution in [2.24, 2.45) is 0 Å². The molecule has 0 spiro atoms. The molecule has 1 radical (unpaired) electrons. The number of hydrogen-bond donors (Lipinski definition) is 0. The van der Waals surface area contributed by atoms with Crippen LogP contribution in [0.3, 0.4) is 0 Å². The van der Waals surface area contributed by atoms with E-state index in [1.54, 1.807) is 0 Å². The van der Waals surface area contributed by atoms with Crippen molar-refractivity contribution in [2.75, 3.05) is 0 Å². The molecule has 0 aliphatic carbocycles. The van der Waals surface area contributed by atoms with Crippen LogP contribution >= 0.6 is 0 Å². The molecule has 0 amide bonds. The van der Waals surface area contributed by atoms with Gasteiger partial charge in [-0.25, -0.2) is 0 Å². The Balaban J connectivity index is 0.00000300. The second kappa shape index (κ2) is 11.4. The van der Waals surface area contributed by atoms with Gasteiger partial charge in [0.1, 0.15) is 0 Å². The Hall–Kier alpha value is -4.88. The second-order valence-corrected chi connectivity index (χ2v) is 10.7. The molecule has 8 aromatic rings. The Labute approximate surface area is 264 Å². The van der Waals surface area contributed by atoms with Crippen LogP contribution in [0.1, 0.15) is 0 Å². The quantitative estimate of drug-likeness (QED) is 0.165. The maximum Gasteiger partial charge on any atom is 0.0160 e. The average molecular weight is 725 g/mol. The molecule has 7 aromatic carbocycles. The molecule has 0 saturated carbocycles. The van der Waals surface area contributed by atoms with Gasteiger partial charge in [-0.1, -0.05) is 127 Å². The van der Waals surface area contributed by atoms with Gasteiger partial charge in [-0.15, -0.1) is 29.8 Å². The average Bonchev–Trinajstić information content (AvgIpc) is 3.07. The fourth-order valence-electron chi connectivity index (χ4n) is 6.25. The van der Waals surface area contributed by atoms with E-state index in [2.05, 4.69) is 138 Å². The molecule has 1 nitrogen and oxygen atoms in total. The van der Waals surface area contributed by atoms with E-state index in [1.165, 1.54) is 60.1 Å². The number of benzene rings is 7. The third-order valence-electron chi connectivity index (χ3n) is 8.23. The van der Waals surface area contributed by atoms with Crippen LogP contribution in [0.15, 0.2) is 158 Å². The monoisotopic (exact) mass is 725 g/mol. The smallest absolute Gasteiger partial charge is 0.0160 e. The topological polar surface area (TPSA) is 12.9 Å². The third kappa shape index (κ3) is 4.85. The largest absolute Gasteiger partial charge is 0.305 e. The number of fused-ring (bicyclic) bond motifs is 3. The minimum Gasteiger partial charge on any atom is -0.305 e. The van der Waals surface area contributed by atoms with E-state index >= 15 is 0 Å². The van der Waals surface area contributed by atoms with E-state index in [0.29, 0.717) is 0 Å². The molecule has 2 heteroatoms. The van der Waals surface area contributed by atoms with Crippen molar-refractivity contribution in [2.45, 2.75) is 0 Å². The van der Waals surface area contributed by atoms with Gasteiger partial charge in [-0.3, -0.25) is 0 Å². The molecule has 0 aliphatic rings. The fourth-order valence-corrected chi connectivity index (χ4v) is 6.25. The fraction of sp³-hybridized carbons (Fsp3) is 0. The first kappa shape index (κ1) is 27.0. The van der Waals surface area contributed by atoms with Crippen molar-refractivity contribution < 1.29 is 20.1 Å². The maximum atomic E-state index is 4.62. The van der Waals surface area contributed by atoms with Crippen LogP contribution in [0.4, 0.5) is 0 Å². The number of hydrogen-bond acceptors (Lipinski definition) is 1. The number of pyridine rings is 1. The van der Waals surface area contributed by atoms with Gasteiger partial charge in [-0.05, 0) is 78.0 Å². The van der Waals surface area contributed by atoms with Gasteiger partial charge in [0.25, 0.3) is 0 Å². The Morgan fingerprint density at radius 2 is 1.09 bits per heavy atom. The molecule has 0 aliphatic heterocycles. The predicted octanol–water partition coefficient (Wildman–Crippen LogP) is 11.0. The van der Waals surface area contributed by atoms with Crippen LogP contribution in [0.2, 0.25) is 0 Å². The number of nitrogens with zero attached hydrogens (tertiary/aromatic N) is 1. The minimum absolute atomic E-state index is 0. The molecule has 1 aromatic heterocycles. The molecule has 0 bridgehead atoms. The first-order valence-corrected chi connectivity index (χ1v) is 14.3. The molecular formula is C41H26IrN-. The summed E-state index contributed by atoms with van der Waals surface area (Å²) in [7, 11) is 0. The molecule has 1 heterocycles. The molecule has 8 rings (SSSR count). The Bertz CT molecular complexity index is 2240.